The smallest absolute Gasteiger partial charge is 0.212 e. The summed E-state index contributed by atoms with van der Waals surface area (Å²) in [4.78, 5) is 8.68. The Labute approximate surface area is 127 Å². The Bertz CT molecular complexity index is 781. The number of fused-ring (bicyclic) bond motifs is 1. The number of rotatable bonds is 5. The molecule has 0 aliphatic heterocycles. The number of methoxy groups -OCH3 is 2. The quantitative estimate of drug-likeness (QED) is 0.778. The largest absolute Gasteiger partial charge is 0.494 e. The zero-order chi connectivity index (χ0) is 15.5. The molecule has 0 aliphatic rings. The van der Waals surface area contributed by atoms with E-state index in [1.807, 2.05) is 24.3 Å². The minimum Gasteiger partial charge on any atom is -0.494 e. The first-order chi connectivity index (χ1) is 10.7. The summed E-state index contributed by atoms with van der Waals surface area (Å²) in [6, 6.07) is 7.51. The van der Waals surface area contributed by atoms with Crippen LogP contribution in [0.3, 0.4) is 0 Å². The first-order valence-electron chi connectivity index (χ1n) is 6.88. The number of nitrogens with zero attached hydrogens (tertiary/aromatic N) is 2. The van der Waals surface area contributed by atoms with Crippen molar-refractivity contribution >= 4 is 11.1 Å². The SMILES string of the molecule is COc1ccc(Cc2nc3c(OC)cc(CN)cc3o2)cn1. The molecule has 3 aromatic rings. The monoisotopic (exact) mass is 299 g/mol. The van der Waals surface area contributed by atoms with E-state index in [1.54, 1.807) is 20.4 Å². The van der Waals surface area contributed by atoms with Crippen molar-refractivity contribution in [3.63, 3.8) is 0 Å². The number of benzene rings is 1. The van der Waals surface area contributed by atoms with Gasteiger partial charge in [-0.25, -0.2) is 9.97 Å². The molecule has 2 N–H and O–H groups in total. The Kier molecular flexibility index (Phi) is 3.93. The first-order valence-corrected chi connectivity index (χ1v) is 6.88. The molecule has 0 bridgehead atoms. The van der Waals surface area contributed by atoms with Gasteiger partial charge in [0, 0.05) is 18.8 Å². The molecule has 0 saturated heterocycles. The van der Waals surface area contributed by atoms with Gasteiger partial charge in [0.25, 0.3) is 0 Å². The predicted molar refractivity (Wildman–Crippen MR) is 82.0 cm³/mol. The van der Waals surface area contributed by atoms with Gasteiger partial charge in [-0.05, 0) is 23.3 Å². The molecule has 0 unspecified atom stereocenters. The van der Waals surface area contributed by atoms with E-state index in [0.717, 1.165) is 11.1 Å². The lowest BCUT2D eigenvalue weighted by Crippen LogP contribution is -1.97. The third kappa shape index (κ3) is 2.73. The molecule has 3 rings (SSSR count). The number of hydrogen-bond acceptors (Lipinski definition) is 6. The highest BCUT2D eigenvalue weighted by atomic mass is 16.5. The number of pyridine rings is 1. The van der Waals surface area contributed by atoms with Gasteiger partial charge in [0.15, 0.2) is 17.0 Å². The molecule has 2 aromatic heterocycles. The molecule has 0 aliphatic carbocycles. The fraction of sp³-hybridized carbons (Fsp3) is 0.250. The van der Waals surface area contributed by atoms with Crippen LogP contribution >= 0.6 is 0 Å². The average Bonchev–Trinajstić information content (AvgIpc) is 2.96. The topological polar surface area (TPSA) is 83.4 Å². The molecule has 6 nitrogen and oxygen atoms in total. The van der Waals surface area contributed by atoms with Gasteiger partial charge in [-0.2, -0.15) is 0 Å². The van der Waals surface area contributed by atoms with E-state index < -0.39 is 0 Å². The van der Waals surface area contributed by atoms with Gasteiger partial charge in [-0.15, -0.1) is 0 Å². The lowest BCUT2D eigenvalue weighted by Gasteiger charge is -2.02. The van der Waals surface area contributed by atoms with E-state index in [1.165, 1.54) is 0 Å². The lowest BCUT2D eigenvalue weighted by atomic mass is 10.2. The van der Waals surface area contributed by atoms with Gasteiger partial charge in [-0.3, -0.25) is 0 Å². The van der Waals surface area contributed by atoms with Crippen LogP contribution in [-0.4, -0.2) is 24.2 Å². The minimum absolute atomic E-state index is 0.421. The molecular weight excluding hydrogens is 282 g/mol. The van der Waals surface area contributed by atoms with Crippen LogP contribution in [0, 0.1) is 0 Å². The second-order valence-electron chi connectivity index (χ2n) is 4.84. The summed E-state index contributed by atoms with van der Waals surface area (Å²) in [5.74, 6) is 1.85. The van der Waals surface area contributed by atoms with Crippen LogP contribution < -0.4 is 15.2 Å². The Morgan fingerprint density at radius 2 is 2.00 bits per heavy atom. The minimum atomic E-state index is 0.421. The van der Waals surface area contributed by atoms with Crippen molar-refractivity contribution in [2.45, 2.75) is 13.0 Å². The van der Waals surface area contributed by atoms with E-state index in [9.17, 15) is 0 Å². The molecule has 0 amide bonds. The van der Waals surface area contributed by atoms with Crippen molar-refractivity contribution in [1.29, 1.82) is 0 Å². The fourth-order valence-corrected chi connectivity index (χ4v) is 2.26. The Morgan fingerprint density at radius 1 is 1.14 bits per heavy atom. The van der Waals surface area contributed by atoms with Gasteiger partial charge in [0.1, 0.15) is 5.75 Å². The first kappa shape index (κ1) is 14.3. The van der Waals surface area contributed by atoms with Crippen LogP contribution in [0.4, 0.5) is 0 Å². The van der Waals surface area contributed by atoms with E-state index >= 15 is 0 Å². The highest BCUT2D eigenvalue weighted by molar-refractivity contribution is 5.80. The van der Waals surface area contributed by atoms with Crippen molar-refractivity contribution in [2.75, 3.05) is 14.2 Å². The maximum atomic E-state index is 5.81. The third-order valence-electron chi connectivity index (χ3n) is 3.38. The van der Waals surface area contributed by atoms with E-state index in [4.69, 9.17) is 19.6 Å². The maximum absolute atomic E-state index is 5.81. The maximum Gasteiger partial charge on any atom is 0.212 e. The Balaban J connectivity index is 1.93. The van der Waals surface area contributed by atoms with Gasteiger partial charge in [-0.1, -0.05) is 6.07 Å². The normalized spacial score (nSPS) is 10.9. The molecule has 114 valence electrons. The van der Waals surface area contributed by atoms with Crippen molar-refractivity contribution in [3.8, 4) is 11.6 Å². The lowest BCUT2D eigenvalue weighted by molar-refractivity contribution is 0.397. The molecule has 0 fully saturated rings. The summed E-state index contributed by atoms with van der Waals surface area (Å²) in [7, 11) is 3.20. The fourth-order valence-electron chi connectivity index (χ4n) is 2.26. The van der Waals surface area contributed by atoms with Gasteiger partial charge < -0.3 is 19.6 Å². The van der Waals surface area contributed by atoms with Gasteiger partial charge in [0.05, 0.1) is 20.6 Å². The number of aromatic nitrogens is 2. The zero-order valence-corrected chi connectivity index (χ0v) is 12.5. The molecule has 0 spiro atoms. The van der Waals surface area contributed by atoms with E-state index in [-0.39, 0.29) is 0 Å². The van der Waals surface area contributed by atoms with Crippen molar-refractivity contribution in [2.24, 2.45) is 5.73 Å². The third-order valence-corrected chi connectivity index (χ3v) is 3.38. The highest BCUT2D eigenvalue weighted by Crippen LogP contribution is 2.28. The summed E-state index contributed by atoms with van der Waals surface area (Å²) in [6.45, 7) is 0.421. The van der Waals surface area contributed by atoms with Crippen LogP contribution in [0.2, 0.25) is 0 Å². The van der Waals surface area contributed by atoms with Crippen molar-refractivity contribution in [3.05, 3.63) is 47.5 Å². The highest BCUT2D eigenvalue weighted by Gasteiger charge is 2.13. The average molecular weight is 299 g/mol. The van der Waals surface area contributed by atoms with Crippen LogP contribution in [-0.2, 0) is 13.0 Å². The number of ether oxygens (including phenoxy) is 2. The zero-order valence-electron chi connectivity index (χ0n) is 12.5. The molecule has 0 radical (unpaired) electrons. The Hall–Kier alpha value is -2.60. The number of hydrogen-bond donors (Lipinski definition) is 1. The van der Waals surface area contributed by atoms with Crippen LogP contribution in [0.1, 0.15) is 17.0 Å². The summed E-state index contributed by atoms with van der Waals surface area (Å²) >= 11 is 0. The molecular formula is C16H17N3O3. The molecule has 1 aromatic carbocycles. The van der Waals surface area contributed by atoms with Crippen LogP contribution in [0.15, 0.2) is 34.9 Å². The van der Waals surface area contributed by atoms with Gasteiger partial charge >= 0.3 is 0 Å². The van der Waals surface area contributed by atoms with Gasteiger partial charge in [0.2, 0.25) is 5.88 Å². The Morgan fingerprint density at radius 3 is 2.64 bits per heavy atom. The predicted octanol–water partition coefficient (Wildman–Crippen LogP) is 2.29. The van der Waals surface area contributed by atoms with E-state index in [2.05, 4.69) is 9.97 Å². The number of oxazole rings is 1. The summed E-state index contributed by atoms with van der Waals surface area (Å²) in [5, 5.41) is 0. The van der Waals surface area contributed by atoms with E-state index in [0.29, 0.717) is 41.6 Å². The van der Waals surface area contributed by atoms with Crippen LogP contribution in [0.5, 0.6) is 11.6 Å². The second-order valence-corrected chi connectivity index (χ2v) is 4.84. The van der Waals surface area contributed by atoms with Crippen molar-refractivity contribution < 1.29 is 13.9 Å². The van der Waals surface area contributed by atoms with Crippen molar-refractivity contribution in [1.82, 2.24) is 9.97 Å². The summed E-state index contributed by atoms with van der Waals surface area (Å²) in [5.41, 5.74) is 9.00. The summed E-state index contributed by atoms with van der Waals surface area (Å²) in [6.07, 6.45) is 2.29. The standard InChI is InChI=1S/C16H17N3O3/c1-20-12-5-11(8-17)6-13-16(12)19-15(22-13)7-10-3-4-14(21-2)18-9-10/h3-6,9H,7-8,17H2,1-2H3. The molecule has 6 heteroatoms. The second kappa shape index (κ2) is 6.03. The number of nitrogens with two attached hydrogens (primary N) is 1. The summed E-state index contributed by atoms with van der Waals surface area (Å²) < 4.78 is 16.2. The molecule has 0 saturated carbocycles. The molecule has 0 atom stereocenters. The molecule has 2 heterocycles. The van der Waals surface area contributed by atoms with Crippen LogP contribution in [0.25, 0.3) is 11.1 Å². The molecule has 22 heavy (non-hydrogen) atoms.